The van der Waals surface area contributed by atoms with Gasteiger partial charge in [-0.05, 0) is 19.0 Å². The van der Waals surface area contributed by atoms with Crippen molar-refractivity contribution in [1.29, 1.82) is 0 Å². The smallest absolute Gasteiger partial charge is 0.0916 e. The molecule has 0 bridgehead atoms. The van der Waals surface area contributed by atoms with Crippen molar-refractivity contribution in [2.45, 2.75) is 25.5 Å². The molecule has 100 valence electrons. The summed E-state index contributed by atoms with van der Waals surface area (Å²) >= 11 is 0. The van der Waals surface area contributed by atoms with E-state index in [1.807, 2.05) is 30.3 Å². The van der Waals surface area contributed by atoms with Gasteiger partial charge >= 0.3 is 0 Å². The minimum absolute atomic E-state index is 0.368. The summed E-state index contributed by atoms with van der Waals surface area (Å²) in [5, 5.41) is 10.2. The van der Waals surface area contributed by atoms with Crippen LogP contribution in [0.5, 0.6) is 0 Å². The number of β-amino-alcohol motifs (C(OH)–C–C–N with tert-alkyl or cyclic N) is 1. The number of benzene rings is 1. The minimum Gasteiger partial charge on any atom is -0.387 e. The van der Waals surface area contributed by atoms with Crippen molar-refractivity contribution in [3.63, 3.8) is 0 Å². The molecule has 1 saturated heterocycles. The fourth-order valence-electron chi connectivity index (χ4n) is 2.64. The first-order valence-corrected chi connectivity index (χ1v) is 6.86. The van der Waals surface area contributed by atoms with Crippen LogP contribution in [0.15, 0.2) is 30.3 Å². The average molecular weight is 248 g/mol. The Kier molecular flexibility index (Phi) is 4.75. The lowest BCUT2D eigenvalue weighted by atomic mass is 10.1. The number of piperazine rings is 1. The monoisotopic (exact) mass is 248 g/mol. The number of hydrogen-bond donors (Lipinski definition) is 1. The number of aliphatic hydroxyl groups is 1. The Hall–Kier alpha value is -0.900. The first-order valence-electron chi connectivity index (χ1n) is 6.86. The van der Waals surface area contributed by atoms with E-state index >= 15 is 0 Å². The zero-order valence-corrected chi connectivity index (χ0v) is 11.4. The van der Waals surface area contributed by atoms with Gasteiger partial charge in [0.05, 0.1) is 6.10 Å². The summed E-state index contributed by atoms with van der Waals surface area (Å²) in [6.07, 6.45) is 0.807. The normalized spacial score (nSPS) is 24.1. The Morgan fingerprint density at radius 3 is 2.67 bits per heavy atom. The number of rotatable bonds is 4. The zero-order chi connectivity index (χ0) is 13.0. The Morgan fingerprint density at radius 2 is 2.00 bits per heavy atom. The van der Waals surface area contributed by atoms with E-state index in [1.165, 1.54) is 6.42 Å². The van der Waals surface area contributed by atoms with Gasteiger partial charge in [0.2, 0.25) is 0 Å². The lowest BCUT2D eigenvalue weighted by Gasteiger charge is -2.39. The number of likely N-dealkylation sites (N-methyl/N-ethyl adjacent to an activating group) is 1. The van der Waals surface area contributed by atoms with Crippen molar-refractivity contribution in [2.75, 3.05) is 33.2 Å². The summed E-state index contributed by atoms with van der Waals surface area (Å²) < 4.78 is 0. The standard InChI is InChI=1S/C15H24N2O/c1-3-14-11-17(10-9-16(14)2)12-15(18)13-7-5-4-6-8-13/h4-8,14-15,18H,3,9-12H2,1-2H3. The minimum atomic E-state index is -0.368. The predicted molar refractivity (Wildman–Crippen MR) is 74.6 cm³/mol. The van der Waals surface area contributed by atoms with Crippen LogP contribution in [0.4, 0.5) is 0 Å². The Bertz CT molecular complexity index is 355. The molecular weight excluding hydrogens is 224 g/mol. The molecule has 0 spiro atoms. The van der Waals surface area contributed by atoms with Gasteiger partial charge in [0.25, 0.3) is 0 Å². The Balaban J connectivity index is 1.90. The third-order valence-corrected chi connectivity index (χ3v) is 3.95. The van der Waals surface area contributed by atoms with Crippen LogP contribution in [0.2, 0.25) is 0 Å². The van der Waals surface area contributed by atoms with E-state index in [9.17, 15) is 5.11 Å². The third-order valence-electron chi connectivity index (χ3n) is 3.95. The van der Waals surface area contributed by atoms with Crippen LogP contribution in [0, 0.1) is 0 Å². The molecule has 0 aliphatic carbocycles. The molecule has 2 atom stereocenters. The van der Waals surface area contributed by atoms with Crippen LogP contribution in [0.25, 0.3) is 0 Å². The van der Waals surface area contributed by atoms with Crippen molar-refractivity contribution >= 4 is 0 Å². The van der Waals surface area contributed by atoms with Gasteiger partial charge in [-0.2, -0.15) is 0 Å². The molecule has 3 heteroatoms. The van der Waals surface area contributed by atoms with Crippen molar-refractivity contribution in [3.8, 4) is 0 Å². The number of hydrogen-bond acceptors (Lipinski definition) is 3. The van der Waals surface area contributed by atoms with E-state index in [0.29, 0.717) is 6.04 Å². The van der Waals surface area contributed by atoms with Gasteiger partial charge in [0, 0.05) is 32.2 Å². The first-order chi connectivity index (χ1) is 8.70. The van der Waals surface area contributed by atoms with Crippen molar-refractivity contribution < 1.29 is 5.11 Å². The average Bonchev–Trinajstić information content (AvgIpc) is 2.42. The number of nitrogens with zero attached hydrogens (tertiary/aromatic N) is 2. The third kappa shape index (κ3) is 3.31. The predicted octanol–water partition coefficient (Wildman–Crippen LogP) is 1.75. The fourth-order valence-corrected chi connectivity index (χ4v) is 2.64. The van der Waals surface area contributed by atoms with Gasteiger partial charge in [0.15, 0.2) is 0 Å². The van der Waals surface area contributed by atoms with Gasteiger partial charge in [-0.3, -0.25) is 4.90 Å². The first kappa shape index (κ1) is 13.5. The molecule has 0 aromatic heterocycles. The highest BCUT2D eigenvalue weighted by Gasteiger charge is 2.24. The lowest BCUT2D eigenvalue weighted by molar-refractivity contribution is 0.0502. The summed E-state index contributed by atoms with van der Waals surface area (Å²) in [6, 6.07) is 10.6. The molecule has 1 aromatic rings. The molecule has 1 N–H and O–H groups in total. The van der Waals surface area contributed by atoms with Crippen LogP contribution >= 0.6 is 0 Å². The van der Waals surface area contributed by atoms with Gasteiger partial charge in [-0.1, -0.05) is 37.3 Å². The molecule has 1 fully saturated rings. The topological polar surface area (TPSA) is 26.7 Å². The van der Waals surface area contributed by atoms with E-state index in [0.717, 1.165) is 31.7 Å². The van der Waals surface area contributed by atoms with E-state index < -0.39 is 0 Å². The van der Waals surface area contributed by atoms with Crippen molar-refractivity contribution in [3.05, 3.63) is 35.9 Å². The summed E-state index contributed by atoms with van der Waals surface area (Å²) in [4.78, 5) is 4.80. The maximum atomic E-state index is 10.2. The molecule has 3 nitrogen and oxygen atoms in total. The second-order valence-electron chi connectivity index (χ2n) is 5.23. The quantitative estimate of drug-likeness (QED) is 0.879. The summed E-state index contributed by atoms with van der Waals surface area (Å²) in [6.45, 7) is 6.19. The Morgan fingerprint density at radius 1 is 1.28 bits per heavy atom. The SMILES string of the molecule is CCC1CN(CC(O)c2ccccc2)CCN1C. The van der Waals surface area contributed by atoms with E-state index in [4.69, 9.17) is 0 Å². The van der Waals surface area contributed by atoms with Crippen LogP contribution in [-0.4, -0.2) is 54.2 Å². The van der Waals surface area contributed by atoms with Crippen LogP contribution in [-0.2, 0) is 0 Å². The highest BCUT2D eigenvalue weighted by molar-refractivity contribution is 5.17. The second kappa shape index (κ2) is 6.32. The largest absolute Gasteiger partial charge is 0.387 e. The van der Waals surface area contributed by atoms with Crippen LogP contribution < -0.4 is 0 Å². The maximum Gasteiger partial charge on any atom is 0.0916 e. The molecule has 0 saturated carbocycles. The molecule has 18 heavy (non-hydrogen) atoms. The summed E-state index contributed by atoms with van der Waals surface area (Å²) in [5.74, 6) is 0. The lowest BCUT2D eigenvalue weighted by Crippen LogP contribution is -2.51. The molecule has 2 rings (SSSR count). The summed E-state index contributed by atoms with van der Waals surface area (Å²) in [7, 11) is 2.19. The molecule has 1 aromatic carbocycles. The molecule has 2 unspecified atom stereocenters. The second-order valence-corrected chi connectivity index (χ2v) is 5.23. The fraction of sp³-hybridized carbons (Fsp3) is 0.600. The molecule has 1 aliphatic rings. The maximum absolute atomic E-state index is 10.2. The van der Waals surface area contributed by atoms with Gasteiger partial charge in [-0.15, -0.1) is 0 Å². The molecular formula is C15H24N2O. The molecule has 0 radical (unpaired) electrons. The van der Waals surface area contributed by atoms with E-state index in [1.54, 1.807) is 0 Å². The van der Waals surface area contributed by atoms with Gasteiger partial charge < -0.3 is 10.0 Å². The highest BCUT2D eigenvalue weighted by atomic mass is 16.3. The van der Waals surface area contributed by atoms with Crippen molar-refractivity contribution in [2.24, 2.45) is 0 Å². The van der Waals surface area contributed by atoms with Gasteiger partial charge in [-0.25, -0.2) is 0 Å². The van der Waals surface area contributed by atoms with Crippen LogP contribution in [0.1, 0.15) is 25.0 Å². The van der Waals surface area contributed by atoms with Crippen LogP contribution in [0.3, 0.4) is 0 Å². The molecule has 1 aliphatic heterocycles. The number of aliphatic hydroxyl groups excluding tert-OH is 1. The molecule has 1 heterocycles. The highest BCUT2D eigenvalue weighted by Crippen LogP contribution is 2.17. The van der Waals surface area contributed by atoms with Gasteiger partial charge in [0.1, 0.15) is 0 Å². The molecule has 0 amide bonds. The van der Waals surface area contributed by atoms with Crippen molar-refractivity contribution in [1.82, 2.24) is 9.80 Å². The van der Waals surface area contributed by atoms with E-state index in [2.05, 4.69) is 23.8 Å². The summed E-state index contributed by atoms with van der Waals surface area (Å²) in [5.41, 5.74) is 1.02. The van der Waals surface area contributed by atoms with E-state index in [-0.39, 0.29) is 6.10 Å². The zero-order valence-electron chi connectivity index (χ0n) is 11.4. The Labute approximate surface area is 110 Å².